The Morgan fingerprint density at radius 1 is 0.872 bits per heavy atom. The number of nitrogens with zero attached hydrogens (tertiary/aromatic N) is 3. The topological polar surface area (TPSA) is 125 Å². The second-order valence-electron chi connectivity index (χ2n) is 8.61. The van der Waals surface area contributed by atoms with Crippen molar-refractivity contribution in [3.05, 3.63) is 73.6 Å². The number of hydrogen-bond acceptors (Lipinski definition) is 7. The Hall–Kier alpha value is -4.18. The Balaban J connectivity index is 0.000000457. The number of carbonyl (C=O) groups is 1. The third kappa shape index (κ3) is 10.6. The molecular formula is C22H22F7N3O7. The van der Waals surface area contributed by atoms with Crippen LogP contribution in [-0.4, -0.2) is 46.6 Å². The molecule has 0 aromatic heterocycles. The zero-order valence-corrected chi connectivity index (χ0v) is 20.7. The second-order valence-corrected chi connectivity index (χ2v) is 8.61. The molecule has 39 heavy (non-hydrogen) atoms. The summed E-state index contributed by atoms with van der Waals surface area (Å²) < 4.78 is 96.8. The lowest BCUT2D eigenvalue weighted by Crippen LogP contribution is -2.36. The number of alkyl halides is 6. The predicted molar refractivity (Wildman–Crippen MR) is 121 cm³/mol. The Bertz CT molecular complexity index is 1200. The summed E-state index contributed by atoms with van der Waals surface area (Å²) in [6.07, 6.45) is -10.0. The minimum atomic E-state index is -4.71. The van der Waals surface area contributed by atoms with Crippen LogP contribution in [0.5, 0.6) is 5.75 Å². The number of rotatable bonds is 6. The highest BCUT2D eigenvalue weighted by atomic mass is 19.4. The van der Waals surface area contributed by atoms with Crippen LogP contribution in [0.1, 0.15) is 31.9 Å². The molecular weight excluding hydrogens is 551 g/mol. The summed E-state index contributed by atoms with van der Waals surface area (Å²) in [6, 6.07) is 3.01. The molecule has 0 aliphatic carbocycles. The lowest BCUT2D eigenvalue weighted by Gasteiger charge is -2.24. The van der Waals surface area contributed by atoms with E-state index in [-0.39, 0.29) is 25.0 Å². The largest absolute Gasteiger partial charge is 0.485 e. The van der Waals surface area contributed by atoms with Gasteiger partial charge in [-0.1, -0.05) is 0 Å². The van der Waals surface area contributed by atoms with Crippen LogP contribution in [0.15, 0.2) is 36.4 Å². The molecule has 0 radical (unpaired) electrons. The SMILES string of the molecule is CN(CCOc1ccc(C(F)(F)F)cc1[N+](=O)[O-])C(=O)OC(C)(C)C.O=[N+]([O-])c1cc(C(F)(F)F)ccc1F. The average Bonchev–Trinajstić information content (AvgIpc) is 2.76. The van der Waals surface area contributed by atoms with Crippen molar-refractivity contribution in [2.24, 2.45) is 0 Å². The van der Waals surface area contributed by atoms with E-state index in [2.05, 4.69) is 0 Å². The van der Waals surface area contributed by atoms with E-state index in [0.717, 1.165) is 6.07 Å². The number of benzene rings is 2. The van der Waals surface area contributed by atoms with Gasteiger partial charge in [0, 0.05) is 19.2 Å². The smallest absolute Gasteiger partial charge is 0.416 e. The molecule has 0 N–H and O–H groups in total. The van der Waals surface area contributed by atoms with Crippen molar-refractivity contribution < 1.29 is 54.8 Å². The summed E-state index contributed by atoms with van der Waals surface area (Å²) in [5.41, 5.74) is -5.05. The highest BCUT2D eigenvalue weighted by Gasteiger charge is 2.34. The predicted octanol–water partition coefficient (Wildman–Crippen LogP) is 6.61. The second kappa shape index (κ2) is 12.6. The maximum absolute atomic E-state index is 12.6. The van der Waals surface area contributed by atoms with Crippen LogP contribution in [-0.2, 0) is 17.1 Å². The Kier molecular flexibility index (Phi) is 10.6. The van der Waals surface area contributed by atoms with Crippen molar-refractivity contribution in [2.45, 2.75) is 38.7 Å². The lowest BCUT2D eigenvalue weighted by atomic mass is 10.2. The fraction of sp³-hybridized carbons (Fsp3) is 0.409. The molecule has 2 aromatic rings. The zero-order chi connectivity index (χ0) is 30.3. The van der Waals surface area contributed by atoms with E-state index in [1.807, 2.05) is 0 Å². The number of carbonyl (C=O) groups excluding carboxylic acids is 1. The van der Waals surface area contributed by atoms with Gasteiger partial charge in [-0.05, 0) is 45.0 Å². The summed E-state index contributed by atoms with van der Waals surface area (Å²) in [5.74, 6) is -1.60. The number of nitro groups is 2. The lowest BCUT2D eigenvalue weighted by molar-refractivity contribution is -0.387. The maximum Gasteiger partial charge on any atom is 0.416 e. The fourth-order valence-corrected chi connectivity index (χ4v) is 2.51. The standard InChI is InChI=1S/C15H19F3N2O5.C7H3F4NO2/c1-14(2,3)25-13(21)19(4)7-8-24-12-6-5-10(15(16,17)18)9-11(12)20(22)23;8-5-2-1-4(7(9,10)11)3-6(5)12(13)14/h5-6,9H,7-8H2,1-4H3;1-3H. The first-order valence-electron chi connectivity index (χ1n) is 10.6. The summed E-state index contributed by atoms with van der Waals surface area (Å²) >= 11 is 0. The Labute approximate surface area is 216 Å². The Morgan fingerprint density at radius 2 is 1.33 bits per heavy atom. The first-order chi connectivity index (χ1) is 17.6. The monoisotopic (exact) mass is 573 g/mol. The van der Waals surface area contributed by atoms with Crippen molar-refractivity contribution in [3.8, 4) is 5.75 Å². The van der Waals surface area contributed by atoms with Crippen LogP contribution in [0.25, 0.3) is 0 Å². The van der Waals surface area contributed by atoms with Crippen LogP contribution in [0.2, 0.25) is 0 Å². The molecule has 2 rings (SSSR count). The van der Waals surface area contributed by atoms with Gasteiger partial charge in [0.1, 0.15) is 12.2 Å². The summed E-state index contributed by atoms with van der Waals surface area (Å²) in [7, 11) is 1.44. The van der Waals surface area contributed by atoms with E-state index in [1.165, 1.54) is 11.9 Å². The van der Waals surface area contributed by atoms with E-state index in [0.29, 0.717) is 24.3 Å². The molecule has 216 valence electrons. The summed E-state index contributed by atoms with van der Waals surface area (Å²) in [4.78, 5) is 31.8. The van der Waals surface area contributed by atoms with Crippen molar-refractivity contribution in [3.63, 3.8) is 0 Å². The van der Waals surface area contributed by atoms with Gasteiger partial charge in [0.25, 0.3) is 0 Å². The number of nitro benzene ring substituents is 2. The molecule has 0 atom stereocenters. The molecule has 0 unspecified atom stereocenters. The number of amides is 1. The average molecular weight is 573 g/mol. The van der Waals surface area contributed by atoms with E-state index in [1.54, 1.807) is 20.8 Å². The minimum absolute atomic E-state index is 0.0348. The molecule has 0 aliphatic heterocycles. The van der Waals surface area contributed by atoms with E-state index >= 15 is 0 Å². The van der Waals surface area contributed by atoms with Crippen molar-refractivity contribution in [1.29, 1.82) is 0 Å². The molecule has 2 aromatic carbocycles. The van der Waals surface area contributed by atoms with Gasteiger partial charge in [0.15, 0.2) is 5.75 Å². The van der Waals surface area contributed by atoms with Gasteiger partial charge >= 0.3 is 29.8 Å². The molecule has 0 heterocycles. The van der Waals surface area contributed by atoms with E-state index < -0.39 is 62.2 Å². The van der Waals surface area contributed by atoms with Crippen LogP contribution in [0.3, 0.4) is 0 Å². The van der Waals surface area contributed by atoms with Gasteiger partial charge in [-0.3, -0.25) is 20.2 Å². The van der Waals surface area contributed by atoms with Gasteiger partial charge < -0.3 is 14.4 Å². The van der Waals surface area contributed by atoms with Crippen LogP contribution < -0.4 is 4.74 Å². The maximum atomic E-state index is 12.6. The van der Waals surface area contributed by atoms with Crippen LogP contribution >= 0.6 is 0 Å². The van der Waals surface area contributed by atoms with Crippen LogP contribution in [0.4, 0.5) is 46.9 Å². The zero-order valence-electron chi connectivity index (χ0n) is 20.7. The first-order valence-corrected chi connectivity index (χ1v) is 10.6. The normalized spacial score (nSPS) is 11.7. The highest BCUT2D eigenvalue weighted by molar-refractivity contribution is 5.67. The van der Waals surface area contributed by atoms with Crippen LogP contribution in [0, 0.1) is 26.0 Å². The van der Waals surface area contributed by atoms with Gasteiger partial charge in [0.2, 0.25) is 5.82 Å². The fourth-order valence-electron chi connectivity index (χ4n) is 2.51. The number of likely N-dealkylation sites (N-methyl/N-ethyl adjacent to an activating group) is 1. The van der Waals surface area contributed by atoms with Gasteiger partial charge in [-0.15, -0.1) is 0 Å². The molecule has 17 heteroatoms. The van der Waals surface area contributed by atoms with Crippen molar-refractivity contribution in [1.82, 2.24) is 4.90 Å². The number of ether oxygens (including phenoxy) is 2. The molecule has 0 saturated carbocycles. The quantitative estimate of drug-likeness (QED) is 0.216. The first kappa shape index (κ1) is 32.8. The number of hydrogen-bond donors (Lipinski definition) is 0. The minimum Gasteiger partial charge on any atom is -0.485 e. The molecule has 0 spiro atoms. The molecule has 10 nitrogen and oxygen atoms in total. The number of halogens is 7. The molecule has 0 bridgehead atoms. The van der Waals surface area contributed by atoms with E-state index in [4.69, 9.17) is 9.47 Å². The molecule has 0 aliphatic rings. The Morgan fingerprint density at radius 3 is 1.77 bits per heavy atom. The highest BCUT2D eigenvalue weighted by Crippen LogP contribution is 2.36. The third-order valence-electron chi connectivity index (χ3n) is 4.34. The summed E-state index contributed by atoms with van der Waals surface area (Å²) in [5, 5.41) is 21.0. The van der Waals surface area contributed by atoms with Gasteiger partial charge in [-0.2, -0.15) is 30.7 Å². The van der Waals surface area contributed by atoms with Crippen molar-refractivity contribution in [2.75, 3.05) is 20.2 Å². The van der Waals surface area contributed by atoms with Gasteiger partial charge in [-0.25, -0.2) is 4.79 Å². The van der Waals surface area contributed by atoms with Gasteiger partial charge in [0.05, 0.1) is 27.5 Å². The molecule has 1 amide bonds. The molecule has 0 fully saturated rings. The third-order valence-corrected chi connectivity index (χ3v) is 4.34. The molecule has 0 saturated heterocycles. The van der Waals surface area contributed by atoms with E-state index in [9.17, 15) is 55.8 Å². The summed E-state index contributed by atoms with van der Waals surface area (Å²) in [6.45, 7) is 4.97. The van der Waals surface area contributed by atoms with Crippen molar-refractivity contribution >= 4 is 17.5 Å².